The van der Waals surface area contributed by atoms with Crippen LogP contribution in [0.25, 0.3) is 44.0 Å². The Hall–Kier alpha value is -3.13. The zero-order valence-corrected chi connectivity index (χ0v) is 23.5. The minimum absolute atomic E-state index is 0.0207. The van der Waals surface area contributed by atoms with Crippen LogP contribution in [0.1, 0.15) is 79.4 Å². The molecule has 0 radical (unpaired) electrons. The van der Waals surface area contributed by atoms with Gasteiger partial charge < -0.3 is 4.42 Å². The van der Waals surface area contributed by atoms with Crippen molar-refractivity contribution in [3.63, 3.8) is 0 Å². The molecule has 0 amide bonds. The Morgan fingerprint density at radius 3 is 2.30 bits per heavy atom. The fourth-order valence-corrected chi connectivity index (χ4v) is 6.63. The number of aryl methyl sites for hydroxylation is 2. The maximum atomic E-state index is 8.72. The first-order valence-electron chi connectivity index (χ1n) is 14.7. The molecule has 0 N–H and O–H groups in total. The van der Waals surface area contributed by atoms with Crippen molar-refractivity contribution in [1.29, 1.82) is 0 Å². The summed E-state index contributed by atoms with van der Waals surface area (Å²) in [4.78, 5) is 0. The second-order valence-corrected chi connectivity index (χ2v) is 12.7. The van der Waals surface area contributed by atoms with Gasteiger partial charge in [-0.25, -0.2) is 4.57 Å². The Kier molecular flexibility index (Phi) is 4.85. The summed E-state index contributed by atoms with van der Waals surface area (Å²) in [6.45, 7) is 15.6. The number of furan rings is 1. The van der Waals surface area contributed by atoms with E-state index in [1.54, 1.807) is 0 Å². The first-order chi connectivity index (χ1) is 18.2. The van der Waals surface area contributed by atoms with Crippen molar-refractivity contribution in [2.45, 2.75) is 78.5 Å². The standard InChI is InChI=1S/C35H40NO/c1-21(2)17-23-13-16-36(8)28(19-23)26-20-27-29(18-22(26)3)37-33-25-12-10-9-11-24(25)31-32(30(27)33)35(6,7)15-14-34(31,4)5/h9-13,16,18-21H,14-15,17H2,1-8H3/q+1/i17D2. The highest BCUT2D eigenvalue weighted by atomic mass is 16.3. The summed E-state index contributed by atoms with van der Waals surface area (Å²) in [5, 5.41) is 4.89. The molecule has 2 heteroatoms. The summed E-state index contributed by atoms with van der Waals surface area (Å²) in [7, 11) is 2.04. The molecule has 6 rings (SSSR count). The largest absolute Gasteiger partial charge is 0.455 e. The lowest BCUT2D eigenvalue weighted by Gasteiger charge is -2.43. The summed E-state index contributed by atoms with van der Waals surface area (Å²) >= 11 is 0. The molecule has 0 spiro atoms. The van der Waals surface area contributed by atoms with E-state index in [9.17, 15) is 0 Å². The van der Waals surface area contributed by atoms with Gasteiger partial charge in [-0.05, 0) is 82.7 Å². The number of aromatic nitrogens is 1. The molecule has 0 unspecified atom stereocenters. The van der Waals surface area contributed by atoms with Crippen LogP contribution in [0.15, 0.2) is 59.1 Å². The molecule has 0 aliphatic heterocycles. The van der Waals surface area contributed by atoms with Crippen LogP contribution in [0, 0.1) is 12.8 Å². The van der Waals surface area contributed by atoms with Gasteiger partial charge in [0.05, 0.1) is 0 Å². The highest BCUT2D eigenvalue weighted by molar-refractivity contribution is 6.19. The van der Waals surface area contributed by atoms with Crippen molar-refractivity contribution < 1.29 is 11.7 Å². The predicted molar refractivity (Wildman–Crippen MR) is 156 cm³/mol. The molecular formula is C35H40NO+. The second kappa shape index (κ2) is 8.18. The van der Waals surface area contributed by atoms with E-state index >= 15 is 0 Å². The molecule has 0 atom stereocenters. The average Bonchev–Trinajstić information content (AvgIpc) is 3.24. The van der Waals surface area contributed by atoms with Crippen LogP contribution in [0.3, 0.4) is 0 Å². The van der Waals surface area contributed by atoms with E-state index in [1.165, 1.54) is 27.3 Å². The predicted octanol–water partition coefficient (Wildman–Crippen LogP) is 9.09. The van der Waals surface area contributed by atoms with Crippen molar-refractivity contribution >= 4 is 32.7 Å². The number of nitrogens with zero attached hydrogens (tertiary/aromatic N) is 1. The molecule has 0 saturated carbocycles. The van der Waals surface area contributed by atoms with Gasteiger partial charge in [-0.1, -0.05) is 65.8 Å². The van der Waals surface area contributed by atoms with Gasteiger partial charge in [-0.2, -0.15) is 0 Å². The fourth-order valence-electron chi connectivity index (χ4n) is 6.63. The van der Waals surface area contributed by atoms with Crippen LogP contribution in [0.4, 0.5) is 0 Å². The van der Waals surface area contributed by atoms with Crippen LogP contribution in [-0.4, -0.2) is 0 Å². The van der Waals surface area contributed by atoms with Gasteiger partial charge >= 0.3 is 0 Å². The summed E-state index contributed by atoms with van der Waals surface area (Å²) in [6.07, 6.45) is 2.87. The molecule has 0 saturated heterocycles. The molecule has 1 aliphatic carbocycles. The van der Waals surface area contributed by atoms with Gasteiger partial charge in [0.25, 0.3) is 0 Å². The first-order valence-corrected chi connectivity index (χ1v) is 13.7. The van der Waals surface area contributed by atoms with Gasteiger partial charge in [0, 0.05) is 36.6 Å². The zero-order valence-electron chi connectivity index (χ0n) is 25.5. The number of pyridine rings is 1. The highest BCUT2D eigenvalue weighted by Crippen LogP contribution is 2.54. The van der Waals surface area contributed by atoms with Crippen molar-refractivity contribution in [2.75, 3.05) is 0 Å². The Morgan fingerprint density at radius 2 is 1.59 bits per heavy atom. The SMILES string of the molecule is [2H]C([2H])(c1cc[n+](C)c(-c2cc3c(cc2C)oc2c4ccccc4c4c(c32)C(C)(C)CCC4(C)C)c1)C(C)C. The van der Waals surface area contributed by atoms with Crippen molar-refractivity contribution in [3.8, 4) is 11.3 Å². The normalized spacial score (nSPS) is 17.9. The minimum atomic E-state index is -1.41. The molecule has 0 bridgehead atoms. The van der Waals surface area contributed by atoms with E-state index < -0.39 is 6.37 Å². The first kappa shape index (κ1) is 21.9. The molecule has 2 nitrogen and oxygen atoms in total. The lowest BCUT2D eigenvalue weighted by Crippen LogP contribution is -2.34. The number of hydrogen-bond donors (Lipinski definition) is 0. The van der Waals surface area contributed by atoms with Crippen LogP contribution in [-0.2, 0) is 24.3 Å². The van der Waals surface area contributed by atoms with Crippen LogP contribution >= 0.6 is 0 Å². The number of rotatable bonds is 3. The quantitative estimate of drug-likeness (QED) is 0.230. The lowest BCUT2D eigenvalue weighted by atomic mass is 9.61. The van der Waals surface area contributed by atoms with Crippen LogP contribution < -0.4 is 4.57 Å². The zero-order chi connectivity index (χ0) is 28.1. The molecule has 2 heterocycles. The molecular weight excluding hydrogens is 450 g/mol. The average molecular weight is 493 g/mol. The van der Waals surface area contributed by atoms with Gasteiger partial charge in [0.2, 0.25) is 5.69 Å². The van der Waals surface area contributed by atoms with Crippen LogP contribution in [0.2, 0.25) is 0 Å². The summed E-state index contributed by atoms with van der Waals surface area (Å²) < 4.78 is 26.3. The van der Waals surface area contributed by atoms with E-state index in [-0.39, 0.29) is 16.7 Å². The van der Waals surface area contributed by atoms with Crippen molar-refractivity contribution in [3.05, 3.63) is 77.0 Å². The fraction of sp³-hybridized carbons (Fsp3) is 0.400. The minimum Gasteiger partial charge on any atom is -0.455 e. The van der Waals surface area contributed by atoms with Crippen molar-refractivity contribution in [2.24, 2.45) is 13.0 Å². The van der Waals surface area contributed by atoms with E-state index in [2.05, 4.69) is 75.6 Å². The topological polar surface area (TPSA) is 17.0 Å². The van der Waals surface area contributed by atoms with E-state index in [0.717, 1.165) is 46.2 Å². The van der Waals surface area contributed by atoms with Gasteiger partial charge in [0.15, 0.2) is 6.20 Å². The highest BCUT2D eigenvalue weighted by Gasteiger charge is 2.41. The molecule has 37 heavy (non-hydrogen) atoms. The molecule has 0 fully saturated rings. The third kappa shape index (κ3) is 3.71. The monoisotopic (exact) mass is 492 g/mol. The molecule has 2 aromatic heterocycles. The molecule has 1 aliphatic rings. The Bertz CT molecular complexity index is 1790. The summed E-state index contributed by atoms with van der Waals surface area (Å²) in [5.41, 5.74) is 8.84. The summed E-state index contributed by atoms with van der Waals surface area (Å²) in [6, 6.07) is 17.2. The van der Waals surface area contributed by atoms with Gasteiger partial charge in [0.1, 0.15) is 18.2 Å². The Labute approximate surface area is 224 Å². The maximum Gasteiger partial charge on any atom is 0.212 e. The molecule has 190 valence electrons. The van der Waals surface area contributed by atoms with E-state index in [0.29, 0.717) is 5.56 Å². The van der Waals surface area contributed by atoms with Crippen molar-refractivity contribution in [1.82, 2.24) is 0 Å². The van der Waals surface area contributed by atoms with E-state index in [4.69, 9.17) is 7.16 Å². The molecule has 3 aromatic carbocycles. The maximum absolute atomic E-state index is 8.72. The van der Waals surface area contributed by atoms with E-state index in [1.807, 2.05) is 39.2 Å². The lowest BCUT2D eigenvalue weighted by molar-refractivity contribution is -0.660. The van der Waals surface area contributed by atoms with Crippen LogP contribution in [0.5, 0.6) is 0 Å². The molecule has 5 aromatic rings. The van der Waals surface area contributed by atoms with Gasteiger partial charge in [-0.3, -0.25) is 0 Å². The third-order valence-corrected chi connectivity index (χ3v) is 8.59. The Balaban J connectivity index is 1.74. The smallest absolute Gasteiger partial charge is 0.212 e. The Morgan fingerprint density at radius 1 is 0.919 bits per heavy atom. The third-order valence-electron chi connectivity index (χ3n) is 8.59. The number of benzene rings is 3. The number of fused-ring (bicyclic) bond motifs is 8. The van der Waals surface area contributed by atoms with Gasteiger partial charge in [-0.15, -0.1) is 0 Å². The second-order valence-electron chi connectivity index (χ2n) is 12.7. The summed E-state index contributed by atoms with van der Waals surface area (Å²) in [5.74, 6) is -0.121. The number of hydrogen-bond acceptors (Lipinski definition) is 1.